The second kappa shape index (κ2) is 36.0. The number of methoxy groups -OCH3 is 3. The van der Waals surface area contributed by atoms with Crippen LogP contribution in [0.1, 0.15) is 150 Å². The molecule has 0 amide bonds. The number of aliphatic hydroxyl groups is 4. The van der Waals surface area contributed by atoms with Crippen LogP contribution in [0.25, 0.3) is 66.6 Å². The zero-order valence-corrected chi connectivity index (χ0v) is 67.2. The molecule has 5 saturated carbocycles. The van der Waals surface area contributed by atoms with Gasteiger partial charge >= 0.3 is 7.12 Å². The fraction of sp³-hybridized carbons (Fsp3) is 0.465. The maximum Gasteiger partial charge on any atom is 0.508 e. The van der Waals surface area contributed by atoms with Crippen molar-refractivity contribution in [3.8, 4) is 29.0 Å². The zero-order chi connectivity index (χ0) is 79.5. The summed E-state index contributed by atoms with van der Waals surface area (Å²) in [6.45, 7) is 9.42. The number of pyridine rings is 5. The third-order valence-corrected chi connectivity index (χ3v) is 21.7. The highest BCUT2D eigenvalue weighted by atomic mass is 35.5. The van der Waals surface area contributed by atoms with Crippen molar-refractivity contribution >= 4 is 161 Å². The molecule has 111 heavy (non-hydrogen) atoms. The van der Waals surface area contributed by atoms with E-state index in [1.54, 1.807) is 37.4 Å². The number of nitrogens with one attached hydrogen (secondary N) is 1. The highest BCUT2D eigenvalue weighted by molar-refractivity contribution is 6.57. The Labute approximate surface area is 674 Å². The van der Waals surface area contributed by atoms with E-state index in [9.17, 15) is 39.3 Å². The van der Waals surface area contributed by atoms with Crippen molar-refractivity contribution < 1.29 is 58.2 Å². The van der Waals surface area contributed by atoms with Gasteiger partial charge in [0.1, 0.15) is 61.3 Å². The van der Waals surface area contributed by atoms with Crippen molar-refractivity contribution in [2.75, 3.05) is 21.3 Å². The molecular formula is C71H78BCl8F2N19O10. The monoisotopic (exact) mass is 1690 g/mol. The summed E-state index contributed by atoms with van der Waals surface area (Å²) in [5.41, 5.74) is 7.46. The van der Waals surface area contributed by atoms with Crippen molar-refractivity contribution in [2.45, 2.75) is 192 Å². The second-order valence-electron chi connectivity index (χ2n) is 27.2. The van der Waals surface area contributed by atoms with Crippen LogP contribution in [-0.4, -0.2) is 189 Å². The van der Waals surface area contributed by atoms with Crippen molar-refractivity contribution in [2.24, 2.45) is 0 Å². The number of halogens is 10. The fourth-order valence-electron chi connectivity index (χ4n) is 15.0. The summed E-state index contributed by atoms with van der Waals surface area (Å²) >= 11 is 45.8. The van der Waals surface area contributed by atoms with Crippen molar-refractivity contribution in [1.82, 2.24) is 93.0 Å². The smallest absolute Gasteiger partial charge is 0.479 e. The van der Waals surface area contributed by atoms with Crippen LogP contribution < -0.4 is 19.8 Å². The second-order valence-corrected chi connectivity index (χ2v) is 30.1. The number of nitrogens with zero attached hydrogens (tertiary/aromatic N) is 18. The van der Waals surface area contributed by atoms with E-state index >= 15 is 0 Å². The van der Waals surface area contributed by atoms with Crippen molar-refractivity contribution in [3.63, 3.8) is 0 Å². The van der Waals surface area contributed by atoms with Gasteiger partial charge in [-0.2, -0.15) is 4.98 Å². The Kier molecular flexibility index (Phi) is 26.9. The van der Waals surface area contributed by atoms with Crippen LogP contribution in [0.15, 0.2) is 42.7 Å². The lowest BCUT2D eigenvalue weighted by Gasteiger charge is -2.19. The Hall–Kier alpha value is -7.38. The molecule has 29 nitrogen and oxygen atoms in total. The van der Waals surface area contributed by atoms with Crippen LogP contribution in [0.2, 0.25) is 41.5 Å². The Balaban J connectivity index is 0.000000124. The predicted molar refractivity (Wildman–Crippen MR) is 418 cm³/mol. The first-order chi connectivity index (χ1) is 53.0. The standard InChI is InChI=1S/C17H17ClFN5O2.C13H18BN3O4.C13H16ClN3O2.C12H13Cl2N3O.C7H5Cl2N3.C5H8O.C4HCl2FN2/c1-8-21-15-12(24(8)11-4-3-5-13(11)25)6-10(22-16(15)26-2)14-9(19)7-20-17(18)23-14;1-7-15-12-9(17(7)8-4-3-5-10(8)18)6-11(14(19)20)16-13(12)21-2;1-7-15-12-9(6-11(14)16-13(12)19-2)17(7)8-4-3-5-10(8)18;1-6-15-11-8(5-10(13)16-12(11)14)17(6)7-3-2-4-9(7)18;1-3-10-4-2-5(8)12-7(9)6(4)11-3;1-2-4-5(3-1)6-4;5-3-2(7)1-8-4(6)9-3/h6-7,11,13,25H,3-5H2,1-2H3;6,8,10,18-20H,3-5H2,1-2H3;6,8,10,18H,3-5H2,1-2H3;5,7,9,18H,2-4H2,1H3;2H,1H3,(H,10,11);4-5H,1-3H2;1H. The van der Waals surface area contributed by atoms with E-state index < -0.39 is 31.0 Å². The van der Waals surface area contributed by atoms with Gasteiger partial charge in [-0.3, -0.25) is 0 Å². The molecule has 590 valence electrons. The van der Waals surface area contributed by atoms with Gasteiger partial charge in [0.25, 0.3) is 0 Å². The minimum atomic E-state index is -1.68. The number of hydrogen-bond acceptors (Lipinski definition) is 24. The molecule has 5 aliphatic carbocycles. The van der Waals surface area contributed by atoms with Gasteiger partial charge in [-0.05, 0) is 166 Å². The van der Waals surface area contributed by atoms with E-state index in [0.717, 1.165) is 135 Å². The molecule has 6 fully saturated rings. The number of H-pyrrole nitrogens is 1. The van der Waals surface area contributed by atoms with Gasteiger partial charge in [0.2, 0.25) is 28.2 Å². The first kappa shape index (κ1) is 83.1. The Bertz CT molecular complexity index is 5350. The van der Waals surface area contributed by atoms with E-state index in [0.29, 0.717) is 82.5 Å². The maximum atomic E-state index is 14.2. The number of aliphatic hydroxyl groups excluding tert-OH is 4. The largest absolute Gasteiger partial charge is 0.508 e. The van der Waals surface area contributed by atoms with E-state index in [2.05, 4.69) is 79.3 Å². The van der Waals surface area contributed by atoms with Crippen LogP contribution in [0, 0.1) is 46.3 Å². The molecule has 0 radical (unpaired) electrons. The number of hydrogen-bond donors (Lipinski definition) is 7. The molecule has 40 heteroatoms. The highest BCUT2D eigenvalue weighted by Crippen LogP contribution is 2.42. The van der Waals surface area contributed by atoms with Crippen LogP contribution >= 0.6 is 92.8 Å². The summed E-state index contributed by atoms with van der Waals surface area (Å²) in [5.74, 6) is 3.63. The maximum absolute atomic E-state index is 14.2. The zero-order valence-electron chi connectivity index (χ0n) is 61.1. The lowest BCUT2D eigenvalue weighted by Crippen LogP contribution is -2.33. The lowest BCUT2D eigenvalue weighted by atomic mass is 9.85. The number of rotatable bonds is 9. The highest BCUT2D eigenvalue weighted by Gasteiger charge is 2.42. The van der Waals surface area contributed by atoms with Gasteiger partial charge < -0.3 is 72.7 Å². The number of imidazole rings is 5. The Morgan fingerprint density at radius 1 is 0.423 bits per heavy atom. The van der Waals surface area contributed by atoms with E-state index in [1.165, 1.54) is 33.5 Å². The molecule has 10 atom stereocenters. The Morgan fingerprint density at radius 3 is 1.23 bits per heavy atom. The molecule has 0 spiro atoms. The van der Waals surface area contributed by atoms with Gasteiger partial charge in [0, 0.05) is 18.2 Å². The first-order valence-electron chi connectivity index (χ1n) is 35.7. The quantitative estimate of drug-likeness (QED) is 0.0232. The molecular weight excluding hydrogens is 1610 g/mol. The molecule has 0 bridgehead atoms. The Morgan fingerprint density at radius 2 is 0.811 bits per heavy atom. The molecule has 12 aromatic rings. The average Bonchev–Trinajstić information content (AvgIpc) is 1.66. The van der Waals surface area contributed by atoms with Crippen LogP contribution in [0.5, 0.6) is 17.6 Å². The molecule has 1 aliphatic heterocycles. The van der Waals surface area contributed by atoms with E-state index in [4.69, 9.17) is 112 Å². The number of ether oxygens (including phenoxy) is 4. The van der Waals surface area contributed by atoms with Gasteiger partial charge in [0.15, 0.2) is 43.6 Å². The van der Waals surface area contributed by atoms with Crippen LogP contribution in [-0.2, 0) is 4.74 Å². The van der Waals surface area contributed by atoms with Gasteiger partial charge in [-0.25, -0.2) is 73.6 Å². The average molecular weight is 1690 g/mol. The molecule has 7 N–H and O–H groups in total. The molecule has 12 aromatic heterocycles. The summed E-state index contributed by atoms with van der Waals surface area (Å²) in [5, 5.41) is 60.8. The van der Waals surface area contributed by atoms with Crippen LogP contribution in [0.4, 0.5) is 8.78 Å². The summed E-state index contributed by atoms with van der Waals surface area (Å²) in [7, 11) is 2.82. The molecule has 13 heterocycles. The molecule has 1 saturated heterocycles. The molecule has 6 aliphatic rings. The SMILES string of the molecule is C1CC2OC2C1.COc1nc(-c2nc(Cl)ncc2F)cc2c1nc(C)n2C1CCCC1O.COc1nc(B(O)O)cc2c1nc(C)n2C1CCCC1O.COc1nc(Cl)cc2c1nc(C)n2C1CCCC1O.Cc1nc2c(Cl)nc(Cl)cc2[nH]1.Cc1nc2c(Cl)nc(Cl)cc2n1C1CCCC1O.Fc1cnc(Cl)nc1Cl. The van der Waals surface area contributed by atoms with Crippen LogP contribution in [0.3, 0.4) is 0 Å². The minimum absolute atomic E-state index is 0.0115. The third-order valence-electron chi connectivity index (χ3n) is 20.0. The van der Waals surface area contributed by atoms with Crippen molar-refractivity contribution in [3.05, 3.63) is 125 Å². The fourth-order valence-corrected chi connectivity index (χ4v) is 16.6. The van der Waals surface area contributed by atoms with Gasteiger partial charge in [0.05, 0.1) is 133 Å². The molecule has 18 rings (SSSR count). The number of epoxide rings is 1. The number of aromatic amines is 1. The van der Waals surface area contributed by atoms with Gasteiger partial charge in [-0.1, -0.05) is 69.6 Å². The summed E-state index contributed by atoms with van der Waals surface area (Å²) in [6, 6.07) is 8.52. The normalized spacial score (nSPS) is 21.5. The summed E-state index contributed by atoms with van der Waals surface area (Å²) in [4.78, 5) is 59.7. The van der Waals surface area contributed by atoms with Crippen molar-refractivity contribution in [1.29, 1.82) is 0 Å². The lowest BCUT2D eigenvalue weighted by molar-refractivity contribution is 0.137. The minimum Gasteiger partial charge on any atom is -0.479 e. The van der Waals surface area contributed by atoms with E-state index in [1.807, 2.05) is 48.3 Å². The molecule has 10 unspecified atom stereocenters. The summed E-state index contributed by atoms with van der Waals surface area (Å²) in [6.07, 6.45) is 16.7. The van der Waals surface area contributed by atoms with E-state index in [-0.39, 0.29) is 80.8 Å². The number of aromatic nitrogens is 19. The predicted octanol–water partition coefficient (Wildman–Crippen LogP) is 13.7. The summed E-state index contributed by atoms with van der Waals surface area (Å²) < 4.78 is 55.4. The first-order valence-corrected chi connectivity index (χ1v) is 38.7. The number of aryl methyl sites for hydroxylation is 5. The molecule has 0 aromatic carbocycles. The topological polar surface area (TPSA) is 378 Å². The van der Waals surface area contributed by atoms with Gasteiger partial charge in [-0.15, -0.1) is 0 Å². The number of fused-ring (bicyclic) bond motifs is 6. The third kappa shape index (κ3) is 18.6.